The van der Waals surface area contributed by atoms with Gasteiger partial charge in [0, 0.05) is 10.9 Å². The van der Waals surface area contributed by atoms with Gasteiger partial charge in [-0.2, -0.15) is 5.10 Å². The van der Waals surface area contributed by atoms with Crippen LogP contribution in [0.2, 0.25) is 0 Å². The maximum Gasteiger partial charge on any atom is 0.253 e. The first-order valence-electron chi connectivity index (χ1n) is 9.95. The van der Waals surface area contributed by atoms with Crippen LogP contribution in [0.15, 0.2) is 54.7 Å². The molecule has 0 fully saturated rings. The summed E-state index contributed by atoms with van der Waals surface area (Å²) in [6, 6.07) is 13.8. The van der Waals surface area contributed by atoms with Crippen molar-refractivity contribution in [3.8, 4) is 10.6 Å². The predicted octanol–water partition coefficient (Wildman–Crippen LogP) is 4.01. The molecule has 8 heteroatoms. The monoisotopic (exact) mass is 433 g/mol. The zero-order chi connectivity index (χ0) is 22.1. The minimum absolute atomic E-state index is 0.0731. The number of nitrogens with zero attached hydrogens (tertiary/aromatic N) is 3. The smallest absolute Gasteiger partial charge is 0.253 e. The van der Waals surface area contributed by atoms with Crippen LogP contribution in [0.4, 0.5) is 0 Å². The predicted molar refractivity (Wildman–Crippen MR) is 122 cm³/mol. The molecule has 0 saturated heterocycles. The van der Waals surface area contributed by atoms with E-state index >= 15 is 0 Å². The molecule has 0 aliphatic rings. The lowest BCUT2D eigenvalue weighted by molar-refractivity contribution is -0.120. The summed E-state index contributed by atoms with van der Waals surface area (Å²) in [6.07, 6.45) is 1.64. The summed E-state index contributed by atoms with van der Waals surface area (Å²) in [6.45, 7) is 6.04. The van der Waals surface area contributed by atoms with E-state index in [2.05, 4.69) is 10.4 Å². The lowest BCUT2D eigenvalue weighted by atomic mass is 10.0. The number of aromatic nitrogens is 3. The van der Waals surface area contributed by atoms with Gasteiger partial charge in [-0.25, -0.2) is 9.67 Å². The number of nitrogens with one attached hydrogen (secondary N) is 1. The van der Waals surface area contributed by atoms with Crippen LogP contribution in [0.1, 0.15) is 46.7 Å². The van der Waals surface area contributed by atoms with Crippen LogP contribution in [0.25, 0.3) is 21.6 Å². The highest BCUT2D eigenvalue weighted by Gasteiger charge is 2.24. The molecule has 4 rings (SSSR count). The van der Waals surface area contributed by atoms with Gasteiger partial charge in [-0.3, -0.25) is 9.59 Å². The molecule has 31 heavy (non-hydrogen) atoms. The number of fused-ring (bicyclic) bond motifs is 1. The SMILES string of the molecule is Cc1ccc(-c2cc(C(=O)NC(C(N)=O)c3ccccc3)c3cnn(C(C)C)c3n2)s1. The van der Waals surface area contributed by atoms with E-state index in [1.165, 1.54) is 0 Å². The molecule has 0 radical (unpaired) electrons. The van der Waals surface area contributed by atoms with E-state index in [-0.39, 0.29) is 6.04 Å². The number of carbonyl (C=O) groups is 2. The maximum absolute atomic E-state index is 13.3. The molecular formula is C23H23N5O2S. The van der Waals surface area contributed by atoms with Gasteiger partial charge in [0.1, 0.15) is 6.04 Å². The van der Waals surface area contributed by atoms with Gasteiger partial charge < -0.3 is 11.1 Å². The van der Waals surface area contributed by atoms with Crippen molar-refractivity contribution in [2.75, 3.05) is 0 Å². The lowest BCUT2D eigenvalue weighted by Crippen LogP contribution is -2.37. The second-order valence-corrected chi connectivity index (χ2v) is 8.89. The highest BCUT2D eigenvalue weighted by Crippen LogP contribution is 2.31. The Morgan fingerprint density at radius 3 is 2.48 bits per heavy atom. The van der Waals surface area contributed by atoms with Crippen molar-refractivity contribution in [1.82, 2.24) is 20.1 Å². The van der Waals surface area contributed by atoms with Crippen LogP contribution in [-0.2, 0) is 4.79 Å². The van der Waals surface area contributed by atoms with Crippen LogP contribution in [0.3, 0.4) is 0 Å². The highest BCUT2D eigenvalue weighted by molar-refractivity contribution is 7.15. The van der Waals surface area contributed by atoms with Crippen LogP contribution >= 0.6 is 11.3 Å². The standard InChI is InChI=1S/C23H23N5O2S/c1-13(2)28-22-17(12-25-28)16(11-18(26-22)19-10-9-14(3)31-19)23(30)27-20(21(24)29)15-7-5-4-6-8-15/h4-13,20H,1-3H3,(H2,24,29)(H,27,30). The topological polar surface area (TPSA) is 103 Å². The molecule has 3 N–H and O–H groups in total. The quantitative estimate of drug-likeness (QED) is 0.480. The molecule has 1 atom stereocenters. The number of rotatable bonds is 6. The first-order valence-corrected chi connectivity index (χ1v) is 10.8. The number of aryl methyl sites for hydroxylation is 1. The van der Waals surface area contributed by atoms with E-state index in [0.29, 0.717) is 27.9 Å². The molecule has 4 aromatic rings. The van der Waals surface area contributed by atoms with E-state index in [1.54, 1.807) is 52.5 Å². The van der Waals surface area contributed by atoms with Gasteiger partial charge in [-0.05, 0) is 44.5 Å². The third-order valence-electron chi connectivity index (χ3n) is 4.99. The molecule has 3 heterocycles. The number of pyridine rings is 1. The summed E-state index contributed by atoms with van der Waals surface area (Å²) in [5.41, 5.74) is 7.94. The summed E-state index contributed by atoms with van der Waals surface area (Å²) in [4.78, 5) is 32.3. The molecule has 0 saturated carbocycles. The molecule has 1 unspecified atom stereocenters. The Hall–Kier alpha value is -3.52. The Morgan fingerprint density at radius 2 is 1.87 bits per heavy atom. The lowest BCUT2D eigenvalue weighted by Gasteiger charge is -2.17. The third-order valence-corrected chi connectivity index (χ3v) is 6.01. The zero-order valence-electron chi connectivity index (χ0n) is 17.5. The number of carbonyl (C=O) groups excluding carboxylic acids is 2. The summed E-state index contributed by atoms with van der Waals surface area (Å²) in [7, 11) is 0. The molecule has 1 aromatic carbocycles. The van der Waals surface area contributed by atoms with Crippen molar-refractivity contribution >= 4 is 34.2 Å². The molecule has 0 aliphatic heterocycles. The maximum atomic E-state index is 13.3. The molecule has 0 aliphatic carbocycles. The van der Waals surface area contributed by atoms with Crippen molar-refractivity contribution in [1.29, 1.82) is 0 Å². The van der Waals surface area contributed by atoms with Crippen molar-refractivity contribution in [2.45, 2.75) is 32.9 Å². The van der Waals surface area contributed by atoms with Crippen molar-refractivity contribution < 1.29 is 9.59 Å². The van der Waals surface area contributed by atoms with Gasteiger partial charge in [-0.15, -0.1) is 11.3 Å². The van der Waals surface area contributed by atoms with E-state index in [9.17, 15) is 9.59 Å². The fraction of sp³-hybridized carbons (Fsp3) is 0.217. The van der Waals surface area contributed by atoms with Gasteiger partial charge in [0.15, 0.2) is 5.65 Å². The number of hydrogen-bond acceptors (Lipinski definition) is 5. The summed E-state index contributed by atoms with van der Waals surface area (Å²) >= 11 is 1.60. The second-order valence-electron chi connectivity index (χ2n) is 7.61. The minimum Gasteiger partial charge on any atom is -0.368 e. The van der Waals surface area contributed by atoms with Gasteiger partial charge in [0.05, 0.1) is 27.7 Å². The Kier molecular flexibility index (Phi) is 5.56. The molecule has 0 spiro atoms. The highest BCUT2D eigenvalue weighted by atomic mass is 32.1. The molecular weight excluding hydrogens is 410 g/mol. The minimum atomic E-state index is -0.940. The molecule has 7 nitrogen and oxygen atoms in total. The number of nitrogens with two attached hydrogens (primary N) is 1. The van der Waals surface area contributed by atoms with E-state index in [0.717, 1.165) is 9.75 Å². The van der Waals surface area contributed by atoms with Crippen molar-refractivity contribution in [2.24, 2.45) is 5.73 Å². The van der Waals surface area contributed by atoms with Crippen molar-refractivity contribution in [3.63, 3.8) is 0 Å². The van der Waals surface area contributed by atoms with Gasteiger partial charge >= 0.3 is 0 Å². The molecule has 158 valence electrons. The molecule has 0 bridgehead atoms. The largest absolute Gasteiger partial charge is 0.368 e. The fourth-order valence-electron chi connectivity index (χ4n) is 3.46. The molecule has 3 aromatic heterocycles. The van der Waals surface area contributed by atoms with E-state index in [4.69, 9.17) is 10.7 Å². The third kappa shape index (κ3) is 4.06. The van der Waals surface area contributed by atoms with Crippen LogP contribution < -0.4 is 11.1 Å². The van der Waals surface area contributed by atoms with Crippen LogP contribution in [-0.4, -0.2) is 26.6 Å². The summed E-state index contributed by atoms with van der Waals surface area (Å²) < 4.78 is 1.79. The molecule has 2 amide bonds. The average molecular weight is 434 g/mol. The Morgan fingerprint density at radius 1 is 1.13 bits per heavy atom. The van der Waals surface area contributed by atoms with Gasteiger partial charge in [0.2, 0.25) is 5.91 Å². The zero-order valence-corrected chi connectivity index (χ0v) is 18.3. The van der Waals surface area contributed by atoms with Crippen LogP contribution in [0, 0.1) is 6.92 Å². The van der Waals surface area contributed by atoms with Gasteiger partial charge in [0.25, 0.3) is 5.91 Å². The first-order chi connectivity index (χ1) is 14.8. The number of hydrogen-bond donors (Lipinski definition) is 2. The fourth-order valence-corrected chi connectivity index (χ4v) is 4.28. The number of amides is 2. The van der Waals surface area contributed by atoms with E-state index in [1.807, 2.05) is 39.0 Å². The first kappa shape index (κ1) is 20.7. The Balaban J connectivity index is 1.81. The normalized spacial score (nSPS) is 12.3. The van der Waals surface area contributed by atoms with E-state index < -0.39 is 17.9 Å². The number of primary amides is 1. The van der Waals surface area contributed by atoms with Crippen LogP contribution in [0.5, 0.6) is 0 Å². The summed E-state index contributed by atoms with van der Waals surface area (Å²) in [5, 5.41) is 7.85. The summed E-state index contributed by atoms with van der Waals surface area (Å²) in [5.74, 6) is -1.03. The number of benzene rings is 1. The Labute approximate surface area is 183 Å². The average Bonchev–Trinajstić information content (AvgIpc) is 3.37. The Bertz CT molecular complexity index is 1260. The number of thiophene rings is 1. The van der Waals surface area contributed by atoms with Gasteiger partial charge in [-0.1, -0.05) is 30.3 Å². The van der Waals surface area contributed by atoms with Crippen molar-refractivity contribution in [3.05, 3.63) is 70.7 Å². The second kappa shape index (κ2) is 8.31.